The van der Waals surface area contributed by atoms with Gasteiger partial charge in [-0.1, -0.05) is 0 Å². The minimum atomic E-state index is -0.691. The van der Waals surface area contributed by atoms with Crippen molar-refractivity contribution < 1.29 is 14.3 Å². The minimum absolute atomic E-state index is 0.368. The van der Waals surface area contributed by atoms with Gasteiger partial charge in [-0.05, 0) is 25.1 Å². The van der Waals surface area contributed by atoms with E-state index in [1.807, 2.05) is 0 Å². The van der Waals surface area contributed by atoms with Crippen molar-refractivity contribution in [3.63, 3.8) is 0 Å². The number of carbonyl (C=O) groups is 2. The van der Waals surface area contributed by atoms with Crippen molar-refractivity contribution in [2.45, 2.75) is 13.0 Å². The first-order valence-electron chi connectivity index (χ1n) is 5.16. The molecular formula is C11H13N3O3. The molecule has 0 bridgehead atoms. The number of nitrogen functional groups attached to an aromatic ring is 1. The molecule has 17 heavy (non-hydrogen) atoms. The number of fused-ring (bicyclic) bond motifs is 1. The van der Waals surface area contributed by atoms with Crippen LogP contribution in [0.3, 0.4) is 0 Å². The Morgan fingerprint density at radius 3 is 2.88 bits per heavy atom. The normalized spacial score (nSPS) is 18.4. The summed E-state index contributed by atoms with van der Waals surface area (Å²) in [7, 11) is 1.46. The zero-order chi connectivity index (χ0) is 12.6. The van der Waals surface area contributed by atoms with Gasteiger partial charge in [-0.15, -0.1) is 0 Å². The predicted molar refractivity (Wildman–Crippen MR) is 62.9 cm³/mol. The minimum Gasteiger partial charge on any atom is -0.479 e. The van der Waals surface area contributed by atoms with Crippen LogP contribution in [0.2, 0.25) is 0 Å². The molecule has 0 saturated heterocycles. The summed E-state index contributed by atoms with van der Waals surface area (Å²) in [6, 6.07) is 4.33. The lowest BCUT2D eigenvalue weighted by atomic mass is 10.2. The summed E-state index contributed by atoms with van der Waals surface area (Å²) in [5, 5.41) is 2.42. The number of rotatable bonds is 0. The molecule has 0 aromatic heterocycles. The summed E-state index contributed by atoms with van der Waals surface area (Å²) >= 11 is 0. The summed E-state index contributed by atoms with van der Waals surface area (Å²) in [4.78, 5) is 24.6. The fraction of sp³-hybridized carbons (Fsp3) is 0.273. The Kier molecular flexibility index (Phi) is 2.63. The highest BCUT2D eigenvalue weighted by Crippen LogP contribution is 2.35. The molecule has 0 aliphatic carbocycles. The standard InChI is InChI=1S/C11H13N3O3/c1-6-10(15)14(11(16)13-2)8-5-7(12)3-4-9(8)17-6/h3-6H,12H2,1-2H3,(H,13,16). The number of nitrogens with one attached hydrogen (secondary N) is 1. The Labute approximate surface area is 98.3 Å². The summed E-state index contributed by atoms with van der Waals surface area (Å²) < 4.78 is 5.40. The number of imide groups is 1. The maximum atomic E-state index is 11.9. The maximum absolute atomic E-state index is 11.9. The Bertz CT molecular complexity index is 487. The first-order chi connectivity index (χ1) is 8.04. The number of hydrogen-bond donors (Lipinski definition) is 2. The smallest absolute Gasteiger partial charge is 0.328 e. The number of carbonyl (C=O) groups excluding carboxylic acids is 2. The van der Waals surface area contributed by atoms with E-state index in [1.54, 1.807) is 19.1 Å². The van der Waals surface area contributed by atoms with E-state index in [4.69, 9.17) is 10.5 Å². The lowest BCUT2D eigenvalue weighted by Gasteiger charge is -2.31. The third-order valence-electron chi connectivity index (χ3n) is 2.51. The average molecular weight is 235 g/mol. The van der Waals surface area contributed by atoms with E-state index in [-0.39, 0.29) is 0 Å². The van der Waals surface area contributed by atoms with Gasteiger partial charge in [0.2, 0.25) is 0 Å². The zero-order valence-corrected chi connectivity index (χ0v) is 9.56. The second kappa shape index (κ2) is 3.97. The fourth-order valence-electron chi connectivity index (χ4n) is 1.67. The molecule has 6 nitrogen and oxygen atoms in total. The van der Waals surface area contributed by atoms with Gasteiger partial charge in [-0.3, -0.25) is 4.79 Å². The molecule has 0 radical (unpaired) electrons. The van der Waals surface area contributed by atoms with Gasteiger partial charge in [0.15, 0.2) is 6.10 Å². The Morgan fingerprint density at radius 2 is 2.24 bits per heavy atom. The molecule has 2 rings (SSSR count). The van der Waals surface area contributed by atoms with Crippen molar-refractivity contribution in [2.75, 3.05) is 17.7 Å². The summed E-state index contributed by atoms with van der Waals surface area (Å²) in [6.45, 7) is 1.59. The van der Waals surface area contributed by atoms with Crippen LogP contribution in [0.1, 0.15) is 6.92 Å². The topological polar surface area (TPSA) is 84.7 Å². The maximum Gasteiger partial charge on any atom is 0.328 e. The van der Waals surface area contributed by atoms with Crippen LogP contribution >= 0.6 is 0 Å². The monoisotopic (exact) mass is 235 g/mol. The van der Waals surface area contributed by atoms with Gasteiger partial charge in [0.1, 0.15) is 5.75 Å². The predicted octanol–water partition coefficient (Wildman–Crippen LogP) is 0.722. The van der Waals surface area contributed by atoms with Crippen molar-refractivity contribution >= 4 is 23.3 Å². The lowest BCUT2D eigenvalue weighted by molar-refractivity contribution is -0.124. The van der Waals surface area contributed by atoms with Gasteiger partial charge >= 0.3 is 6.03 Å². The number of ether oxygens (including phenoxy) is 1. The number of amides is 3. The molecular weight excluding hydrogens is 222 g/mol. The number of nitrogens with zero attached hydrogens (tertiary/aromatic N) is 1. The largest absolute Gasteiger partial charge is 0.479 e. The number of anilines is 2. The van der Waals surface area contributed by atoms with Crippen LogP contribution in [0.5, 0.6) is 5.75 Å². The van der Waals surface area contributed by atoms with E-state index >= 15 is 0 Å². The molecule has 0 saturated carbocycles. The Balaban J connectivity index is 2.54. The van der Waals surface area contributed by atoms with Gasteiger partial charge in [0.25, 0.3) is 5.91 Å². The molecule has 1 heterocycles. The summed E-state index contributed by atoms with van der Waals surface area (Å²) in [5.41, 5.74) is 6.47. The van der Waals surface area contributed by atoms with E-state index in [9.17, 15) is 9.59 Å². The lowest BCUT2D eigenvalue weighted by Crippen LogP contribution is -2.50. The molecule has 1 unspecified atom stereocenters. The van der Waals surface area contributed by atoms with Gasteiger partial charge in [0.05, 0.1) is 5.69 Å². The van der Waals surface area contributed by atoms with Crippen molar-refractivity contribution in [1.82, 2.24) is 5.32 Å². The molecule has 90 valence electrons. The van der Waals surface area contributed by atoms with Crippen LogP contribution in [0.15, 0.2) is 18.2 Å². The van der Waals surface area contributed by atoms with E-state index in [0.717, 1.165) is 4.90 Å². The molecule has 1 aliphatic rings. The quantitative estimate of drug-likeness (QED) is 0.649. The molecule has 1 aromatic carbocycles. The van der Waals surface area contributed by atoms with E-state index in [2.05, 4.69) is 5.32 Å². The molecule has 1 atom stereocenters. The number of benzene rings is 1. The molecule has 1 aliphatic heterocycles. The summed E-state index contributed by atoms with van der Waals surface area (Å²) in [5.74, 6) is 0.0531. The van der Waals surface area contributed by atoms with Crippen molar-refractivity contribution in [3.8, 4) is 5.75 Å². The average Bonchev–Trinajstić information content (AvgIpc) is 2.31. The third-order valence-corrected chi connectivity index (χ3v) is 2.51. The fourth-order valence-corrected chi connectivity index (χ4v) is 1.67. The van der Waals surface area contributed by atoms with E-state index in [0.29, 0.717) is 17.1 Å². The molecule has 6 heteroatoms. The van der Waals surface area contributed by atoms with Crippen LogP contribution in [0.25, 0.3) is 0 Å². The van der Waals surface area contributed by atoms with Crippen LogP contribution in [-0.4, -0.2) is 25.1 Å². The number of nitrogens with two attached hydrogens (primary N) is 1. The highest BCUT2D eigenvalue weighted by molar-refractivity contribution is 6.17. The van der Waals surface area contributed by atoms with E-state index < -0.39 is 18.0 Å². The molecule has 0 spiro atoms. The van der Waals surface area contributed by atoms with Gasteiger partial charge in [-0.2, -0.15) is 0 Å². The number of urea groups is 1. The Morgan fingerprint density at radius 1 is 1.53 bits per heavy atom. The van der Waals surface area contributed by atoms with Gasteiger partial charge in [0, 0.05) is 12.7 Å². The first-order valence-corrected chi connectivity index (χ1v) is 5.16. The highest BCUT2D eigenvalue weighted by Gasteiger charge is 2.35. The second-order valence-corrected chi connectivity index (χ2v) is 3.72. The molecule has 3 N–H and O–H groups in total. The van der Waals surface area contributed by atoms with Crippen LogP contribution < -0.4 is 20.7 Å². The van der Waals surface area contributed by atoms with Gasteiger partial charge < -0.3 is 15.8 Å². The Hall–Kier alpha value is -2.24. The van der Waals surface area contributed by atoms with Crippen molar-refractivity contribution in [2.24, 2.45) is 0 Å². The van der Waals surface area contributed by atoms with Crippen LogP contribution in [0.4, 0.5) is 16.2 Å². The molecule has 1 aromatic rings. The van der Waals surface area contributed by atoms with Crippen molar-refractivity contribution in [3.05, 3.63) is 18.2 Å². The molecule has 3 amide bonds. The second-order valence-electron chi connectivity index (χ2n) is 3.72. The van der Waals surface area contributed by atoms with Crippen LogP contribution in [0, 0.1) is 0 Å². The van der Waals surface area contributed by atoms with E-state index in [1.165, 1.54) is 13.1 Å². The first kappa shape index (κ1) is 11.3. The highest BCUT2D eigenvalue weighted by atomic mass is 16.5. The van der Waals surface area contributed by atoms with Crippen LogP contribution in [-0.2, 0) is 4.79 Å². The summed E-state index contributed by atoms with van der Waals surface area (Å²) in [6.07, 6.45) is -0.691. The van der Waals surface area contributed by atoms with Crippen molar-refractivity contribution in [1.29, 1.82) is 0 Å². The SMILES string of the molecule is CNC(=O)N1C(=O)C(C)Oc2ccc(N)cc21. The zero-order valence-electron chi connectivity index (χ0n) is 9.56. The van der Waals surface area contributed by atoms with Gasteiger partial charge in [-0.25, -0.2) is 9.69 Å². The third kappa shape index (κ3) is 1.77. The molecule has 0 fully saturated rings. The number of hydrogen-bond acceptors (Lipinski definition) is 4.